The number of carbonyl (C=O) groups excluding carboxylic acids is 1. The maximum Gasteiger partial charge on any atom is 0.323 e. The SMILES string of the molecule is O=C(O)CN(C(=O)c1cccc(Br)n1)c1ccc(O)cc1. The molecule has 2 N–H and O–H groups in total. The fourth-order valence-corrected chi connectivity index (χ4v) is 2.06. The molecular weight excluding hydrogens is 340 g/mol. The summed E-state index contributed by atoms with van der Waals surface area (Å²) < 4.78 is 0.481. The lowest BCUT2D eigenvalue weighted by Gasteiger charge is -2.20. The molecule has 1 aromatic heterocycles. The average molecular weight is 351 g/mol. The Kier molecular flexibility index (Phi) is 4.54. The average Bonchev–Trinajstić information content (AvgIpc) is 2.45. The van der Waals surface area contributed by atoms with Crippen molar-refractivity contribution in [2.45, 2.75) is 0 Å². The second-order valence-electron chi connectivity index (χ2n) is 4.15. The Morgan fingerprint density at radius 3 is 2.38 bits per heavy atom. The third-order valence-electron chi connectivity index (χ3n) is 2.63. The summed E-state index contributed by atoms with van der Waals surface area (Å²) in [5, 5.41) is 18.3. The first kappa shape index (κ1) is 15.0. The minimum absolute atomic E-state index is 0.0297. The van der Waals surface area contributed by atoms with Crippen molar-refractivity contribution in [1.82, 2.24) is 4.98 Å². The summed E-state index contributed by atoms with van der Waals surface area (Å²) in [6, 6.07) is 10.5. The zero-order valence-electron chi connectivity index (χ0n) is 10.7. The quantitative estimate of drug-likeness (QED) is 0.825. The van der Waals surface area contributed by atoms with Crippen LogP contribution in [-0.4, -0.2) is 33.6 Å². The van der Waals surface area contributed by atoms with E-state index in [-0.39, 0.29) is 11.4 Å². The van der Waals surface area contributed by atoms with Crippen molar-refractivity contribution in [1.29, 1.82) is 0 Å². The molecule has 0 atom stereocenters. The molecule has 0 aliphatic rings. The summed E-state index contributed by atoms with van der Waals surface area (Å²) >= 11 is 3.16. The largest absolute Gasteiger partial charge is 0.508 e. The van der Waals surface area contributed by atoms with E-state index in [1.165, 1.54) is 30.3 Å². The van der Waals surface area contributed by atoms with E-state index in [4.69, 9.17) is 5.11 Å². The zero-order chi connectivity index (χ0) is 15.4. The molecule has 7 heteroatoms. The number of aliphatic carboxylic acids is 1. The van der Waals surface area contributed by atoms with Gasteiger partial charge in [-0.25, -0.2) is 4.98 Å². The van der Waals surface area contributed by atoms with Crippen molar-refractivity contribution in [3.05, 3.63) is 52.8 Å². The predicted molar refractivity (Wildman–Crippen MR) is 79.4 cm³/mol. The van der Waals surface area contributed by atoms with E-state index < -0.39 is 18.4 Å². The maximum atomic E-state index is 12.4. The van der Waals surface area contributed by atoms with Crippen LogP contribution in [0, 0.1) is 0 Å². The number of halogens is 1. The molecule has 0 spiro atoms. The number of benzene rings is 1. The lowest BCUT2D eigenvalue weighted by atomic mass is 10.2. The number of amides is 1. The van der Waals surface area contributed by atoms with Gasteiger partial charge in [-0.15, -0.1) is 0 Å². The van der Waals surface area contributed by atoms with Gasteiger partial charge in [0.2, 0.25) is 0 Å². The molecule has 0 fully saturated rings. The Morgan fingerprint density at radius 2 is 1.81 bits per heavy atom. The third-order valence-corrected chi connectivity index (χ3v) is 3.08. The van der Waals surface area contributed by atoms with Crippen LogP contribution in [0.2, 0.25) is 0 Å². The monoisotopic (exact) mass is 350 g/mol. The molecule has 1 amide bonds. The maximum absolute atomic E-state index is 12.4. The Balaban J connectivity index is 2.38. The van der Waals surface area contributed by atoms with E-state index in [9.17, 15) is 14.7 Å². The number of carboxylic acid groups (broad SMARTS) is 1. The highest BCUT2D eigenvalue weighted by atomic mass is 79.9. The van der Waals surface area contributed by atoms with Gasteiger partial charge in [-0.2, -0.15) is 0 Å². The highest BCUT2D eigenvalue weighted by Gasteiger charge is 2.21. The minimum Gasteiger partial charge on any atom is -0.508 e. The first-order valence-corrected chi connectivity index (χ1v) is 6.72. The molecular formula is C14H11BrN2O4. The number of aromatic nitrogens is 1. The number of anilines is 1. The Bertz CT molecular complexity index is 673. The zero-order valence-corrected chi connectivity index (χ0v) is 12.3. The van der Waals surface area contributed by atoms with Gasteiger partial charge in [0.05, 0.1) is 0 Å². The molecule has 0 aliphatic heterocycles. The number of pyridine rings is 1. The second-order valence-corrected chi connectivity index (χ2v) is 4.96. The molecule has 1 heterocycles. The number of phenols is 1. The van der Waals surface area contributed by atoms with Crippen molar-refractivity contribution in [2.24, 2.45) is 0 Å². The van der Waals surface area contributed by atoms with Crippen molar-refractivity contribution in [2.75, 3.05) is 11.4 Å². The second kappa shape index (κ2) is 6.36. The van der Waals surface area contributed by atoms with Crippen LogP contribution >= 0.6 is 15.9 Å². The number of rotatable bonds is 4. The van der Waals surface area contributed by atoms with Crippen molar-refractivity contribution < 1.29 is 19.8 Å². The van der Waals surface area contributed by atoms with Crippen LogP contribution in [-0.2, 0) is 4.79 Å². The molecule has 0 aliphatic carbocycles. The predicted octanol–water partition coefficient (Wildman–Crippen LogP) is 2.28. The van der Waals surface area contributed by atoms with Crippen LogP contribution in [0.25, 0.3) is 0 Å². The first-order chi connectivity index (χ1) is 9.97. The van der Waals surface area contributed by atoms with E-state index in [0.29, 0.717) is 10.3 Å². The molecule has 6 nitrogen and oxygen atoms in total. The fraction of sp³-hybridized carbons (Fsp3) is 0.0714. The molecule has 2 aromatic rings. The highest BCUT2D eigenvalue weighted by Crippen LogP contribution is 2.20. The summed E-state index contributed by atoms with van der Waals surface area (Å²) in [5.74, 6) is -1.65. The van der Waals surface area contributed by atoms with Crippen LogP contribution in [0.1, 0.15) is 10.5 Å². The molecule has 0 radical (unpaired) electrons. The minimum atomic E-state index is -1.15. The Labute approximate surface area is 128 Å². The lowest BCUT2D eigenvalue weighted by Crippen LogP contribution is -2.36. The normalized spacial score (nSPS) is 10.1. The summed E-state index contributed by atoms with van der Waals surface area (Å²) in [6.07, 6.45) is 0. The lowest BCUT2D eigenvalue weighted by molar-refractivity contribution is -0.135. The molecule has 1 aromatic carbocycles. The summed E-state index contributed by atoms with van der Waals surface area (Å²) in [7, 11) is 0. The standard InChI is InChI=1S/C14H11BrN2O4/c15-12-3-1-2-11(16-12)14(21)17(8-13(19)20)9-4-6-10(18)7-5-9/h1-7,18H,8H2,(H,19,20). The molecule has 2 rings (SSSR count). The number of carbonyl (C=O) groups is 2. The summed E-state index contributed by atoms with van der Waals surface area (Å²) in [5.41, 5.74) is 0.487. The third kappa shape index (κ3) is 3.79. The molecule has 108 valence electrons. The van der Waals surface area contributed by atoms with E-state index in [1.54, 1.807) is 12.1 Å². The molecule has 21 heavy (non-hydrogen) atoms. The van der Waals surface area contributed by atoms with E-state index >= 15 is 0 Å². The first-order valence-electron chi connectivity index (χ1n) is 5.92. The van der Waals surface area contributed by atoms with Crippen LogP contribution in [0.15, 0.2) is 47.1 Å². The number of nitrogens with zero attached hydrogens (tertiary/aromatic N) is 2. The molecule has 0 saturated heterocycles. The van der Waals surface area contributed by atoms with Crippen LogP contribution in [0.3, 0.4) is 0 Å². The molecule has 0 saturated carbocycles. The van der Waals surface area contributed by atoms with Gasteiger partial charge >= 0.3 is 5.97 Å². The molecule has 0 unspecified atom stereocenters. The van der Waals surface area contributed by atoms with Crippen molar-refractivity contribution in [3.8, 4) is 5.75 Å². The van der Waals surface area contributed by atoms with Gasteiger partial charge in [0, 0.05) is 5.69 Å². The number of carboxylic acids is 1. The Morgan fingerprint density at radius 1 is 1.14 bits per heavy atom. The van der Waals surface area contributed by atoms with Gasteiger partial charge in [0.15, 0.2) is 0 Å². The van der Waals surface area contributed by atoms with Crippen LogP contribution in [0.5, 0.6) is 5.75 Å². The number of phenolic OH excluding ortho intramolecular Hbond substituents is 1. The summed E-state index contributed by atoms with van der Waals surface area (Å²) in [6.45, 7) is -0.502. The summed E-state index contributed by atoms with van der Waals surface area (Å²) in [4.78, 5) is 28.5. The van der Waals surface area contributed by atoms with Gasteiger partial charge in [-0.05, 0) is 52.3 Å². The van der Waals surface area contributed by atoms with E-state index in [2.05, 4.69) is 20.9 Å². The molecule has 0 bridgehead atoms. The fourth-order valence-electron chi connectivity index (χ4n) is 1.71. The van der Waals surface area contributed by atoms with Crippen LogP contribution < -0.4 is 4.90 Å². The van der Waals surface area contributed by atoms with Crippen LogP contribution in [0.4, 0.5) is 5.69 Å². The van der Waals surface area contributed by atoms with Crippen molar-refractivity contribution >= 4 is 33.5 Å². The van der Waals surface area contributed by atoms with E-state index in [0.717, 1.165) is 4.90 Å². The smallest absolute Gasteiger partial charge is 0.323 e. The highest BCUT2D eigenvalue weighted by molar-refractivity contribution is 9.10. The van der Waals surface area contributed by atoms with Gasteiger partial charge in [-0.1, -0.05) is 6.07 Å². The van der Waals surface area contributed by atoms with Gasteiger partial charge in [0.1, 0.15) is 22.6 Å². The van der Waals surface area contributed by atoms with E-state index in [1.807, 2.05) is 0 Å². The number of hydrogen-bond donors (Lipinski definition) is 2. The van der Waals surface area contributed by atoms with Gasteiger partial charge in [-0.3, -0.25) is 14.5 Å². The Hall–Kier alpha value is -2.41. The van der Waals surface area contributed by atoms with Crippen molar-refractivity contribution in [3.63, 3.8) is 0 Å². The number of aromatic hydroxyl groups is 1. The number of hydrogen-bond acceptors (Lipinski definition) is 4. The topological polar surface area (TPSA) is 90.7 Å². The van der Waals surface area contributed by atoms with Gasteiger partial charge < -0.3 is 10.2 Å². The van der Waals surface area contributed by atoms with Gasteiger partial charge in [0.25, 0.3) is 5.91 Å².